The van der Waals surface area contributed by atoms with Crippen molar-refractivity contribution in [3.8, 4) is 11.5 Å². The van der Waals surface area contributed by atoms with Crippen LogP contribution in [0.2, 0.25) is 0 Å². The van der Waals surface area contributed by atoms with Crippen LogP contribution in [0.3, 0.4) is 0 Å². The molecule has 144 valence electrons. The molecular formula is C22H26O5. The number of aliphatic hydroxyl groups is 1. The van der Waals surface area contributed by atoms with Crippen molar-refractivity contribution in [3.05, 3.63) is 72.3 Å². The van der Waals surface area contributed by atoms with Gasteiger partial charge in [0.1, 0.15) is 31.3 Å². The number of hydrogen-bond donors (Lipinski definition) is 1. The third-order valence-electron chi connectivity index (χ3n) is 4.10. The fraction of sp³-hybridized carbons (Fsp3) is 0.318. The Morgan fingerprint density at radius 2 is 1.48 bits per heavy atom. The van der Waals surface area contributed by atoms with Gasteiger partial charge in [-0.3, -0.25) is 0 Å². The zero-order chi connectivity index (χ0) is 19.5. The predicted octanol–water partition coefficient (Wildman–Crippen LogP) is 3.71. The van der Waals surface area contributed by atoms with Crippen LogP contribution in [-0.4, -0.2) is 37.5 Å². The summed E-state index contributed by atoms with van der Waals surface area (Å²) in [4.78, 5) is 11.0. The molecule has 0 saturated heterocycles. The Labute approximate surface area is 160 Å². The van der Waals surface area contributed by atoms with Gasteiger partial charge in [-0.1, -0.05) is 37.8 Å². The lowest BCUT2D eigenvalue weighted by atomic mass is 9.89. The molecule has 0 fully saturated rings. The van der Waals surface area contributed by atoms with Crippen molar-refractivity contribution in [1.82, 2.24) is 0 Å². The van der Waals surface area contributed by atoms with Gasteiger partial charge in [0.15, 0.2) is 0 Å². The summed E-state index contributed by atoms with van der Waals surface area (Å²) < 4.78 is 15.9. The first-order chi connectivity index (χ1) is 13.2. The van der Waals surface area contributed by atoms with E-state index in [2.05, 4.69) is 37.8 Å². The highest BCUT2D eigenvalue weighted by Gasteiger charge is 2.12. The molecule has 0 amide bonds. The number of benzene rings is 2. The number of hydrogen-bond acceptors (Lipinski definition) is 5. The molecular weight excluding hydrogens is 344 g/mol. The minimum atomic E-state index is -0.451. The summed E-state index contributed by atoms with van der Waals surface area (Å²) >= 11 is 0. The molecule has 2 rings (SSSR count). The molecule has 27 heavy (non-hydrogen) atoms. The first-order valence-corrected chi connectivity index (χ1v) is 9.03. The van der Waals surface area contributed by atoms with Crippen LogP contribution >= 0.6 is 0 Å². The second kappa shape index (κ2) is 11.0. The van der Waals surface area contributed by atoms with Gasteiger partial charge in [0.2, 0.25) is 0 Å². The van der Waals surface area contributed by atoms with Crippen LogP contribution in [-0.2, 0) is 9.53 Å². The summed E-state index contributed by atoms with van der Waals surface area (Å²) in [7, 11) is 0. The normalized spacial score (nSPS) is 11.5. The highest BCUT2D eigenvalue weighted by atomic mass is 16.6. The van der Waals surface area contributed by atoms with Gasteiger partial charge >= 0.3 is 5.97 Å². The smallest absolute Gasteiger partial charge is 0.330 e. The van der Waals surface area contributed by atoms with E-state index in [1.54, 1.807) is 0 Å². The van der Waals surface area contributed by atoms with Crippen LogP contribution in [0.1, 0.15) is 30.4 Å². The molecule has 5 nitrogen and oxygen atoms in total. The van der Waals surface area contributed by atoms with Crippen LogP contribution in [0.25, 0.3) is 0 Å². The summed E-state index contributed by atoms with van der Waals surface area (Å²) in [5.41, 5.74) is 2.41. The molecule has 0 spiro atoms. The molecule has 0 saturated carbocycles. The van der Waals surface area contributed by atoms with Gasteiger partial charge in [-0.15, -0.1) is 0 Å². The maximum absolute atomic E-state index is 11.0. The van der Waals surface area contributed by atoms with Crippen LogP contribution in [0, 0.1) is 0 Å². The monoisotopic (exact) mass is 370 g/mol. The summed E-state index contributed by atoms with van der Waals surface area (Å²) in [6, 6.07) is 15.9. The minimum Gasteiger partial charge on any atom is -0.491 e. The third-order valence-corrected chi connectivity index (χ3v) is 4.10. The molecule has 5 heteroatoms. The largest absolute Gasteiger partial charge is 0.491 e. The first-order valence-electron chi connectivity index (χ1n) is 9.03. The number of carbonyl (C=O) groups is 1. The quantitative estimate of drug-likeness (QED) is 0.371. The molecule has 0 aromatic heterocycles. The maximum atomic E-state index is 11.0. The van der Waals surface area contributed by atoms with Crippen LogP contribution in [0.5, 0.6) is 11.5 Å². The first kappa shape index (κ1) is 20.5. The van der Waals surface area contributed by atoms with Gasteiger partial charge in [0.05, 0.1) is 6.61 Å². The average molecular weight is 370 g/mol. The van der Waals surface area contributed by atoms with Crippen molar-refractivity contribution in [3.63, 3.8) is 0 Å². The third kappa shape index (κ3) is 6.46. The highest BCUT2D eigenvalue weighted by Crippen LogP contribution is 2.30. The number of aliphatic hydroxyl groups excluding tert-OH is 1. The fourth-order valence-corrected chi connectivity index (χ4v) is 2.78. The van der Waals surface area contributed by atoms with E-state index in [9.17, 15) is 4.79 Å². The van der Waals surface area contributed by atoms with E-state index in [1.807, 2.05) is 24.3 Å². The van der Waals surface area contributed by atoms with Crippen LogP contribution < -0.4 is 9.47 Å². The number of esters is 1. The van der Waals surface area contributed by atoms with Crippen LogP contribution in [0.4, 0.5) is 0 Å². The molecule has 1 N–H and O–H groups in total. The number of ether oxygens (including phenoxy) is 3. The number of carbonyl (C=O) groups excluding carboxylic acids is 1. The van der Waals surface area contributed by atoms with Crippen molar-refractivity contribution in [2.75, 3.05) is 26.4 Å². The van der Waals surface area contributed by atoms with Crippen LogP contribution in [0.15, 0.2) is 61.2 Å². The number of rotatable bonds is 11. The minimum absolute atomic E-state index is 0.00441. The lowest BCUT2D eigenvalue weighted by Gasteiger charge is -2.17. The van der Waals surface area contributed by atoms with Crippen molar-refractivity contribution in [1.29, 1.82) is 0 Å². The van der Waals surface area contributed by atoms with E-state index in [0.29, 0.717) is 13.2 Å². The molecule has 0 aliphatic rings. The standard InChI is InChI=1S/C22H26O5/c1-3-21(17-5-9-19(10-6-17)25-14-13-23)18-7-11-20(12-8-18)26-15-16-27-22(24)4-2/h4-12,21,23H,2-3,13-16H2,1H3. The molecule has 0 bridgehead atoms. The van der Waals surface area contributed by atoms with E-state index >= 15 is 0 Å². The Morgan fingerprint density at radius 1 is 0.963 bits per heavy atom. The van der Waals surface area contributed by atoms with Gasteiger partial charge in [0.25, 0.3) is 0 Å². The summed E-state index contributed by atoms with van der Waals surface area (Å²) in [6.45, 7) is 6.28. The van der Waals surface area contributed by atoms with Gasteiger partial charge in [-0.2, -0.15) is 0 Å². The molecule has 2 aromatic rings. The summed E-state index contributed by atoms with van der Waals surface area (Å²) in [5.74, 6) is 1.31. The Balaban J connectivity index is 1.94. The van der Waals surface area contributed by atoms with E-state index < -0.39 is 5.97 Å². The van der Waals surface area contributed by atoms with Crippen molar-refractivity contribution >= 4 is 5.97 Å². The lowest BCUT2D eigenvalue weighted by Crippen LogP contribution is -2.10. The van der Waals surface area contributed by atoms with Gasteiger partial charge in [-0.25, -0.2) is 4.79 Å². The molecule has 1 unspecified atom stereocenters. The molecule has 0 aliphatic carbocycles. The van der Waals surface area contributed by atoms with E-state index in [0.717, 1.165) is 24.0 Å². The Morgan fingerprint density at radius 3 is 1.93 bits per heavy atom. The lowest BCUT2D eigenvalue weighted by molar-refractivity contribution is -0.138. The molecule has 0 aliphatic heterocycles. The van der Waals surface area contributed by atoms with E-state index in [4.69, 9.17) is 19.3 Å². The summed E-state index contributed by atoms with van der Waals surface area (Å²) in [5, 5.41) is 8.82. The molecule has 2 aromatic carbocycles. The SMILES string of the molecule is C=CC(=O)OCCOc1ccc(C(CC)c2ccc(OCCO)cc2)cc1. The van der Waals surface area contributed by atoms with Gasteiger partial charge in [0, 0.05) is 12.0 Å². The molecule has 0 heterocycles. The second-order valence-electron chi connectivity index (χ2n) is 5.89. The Kier molecular flexibility index (Phi) is 8.39. The predicted molar refractivity (Wildman–Crippen MR) is 104 cm³/mol. The zero-order valence-corrected chi connectivity index (χ0v) is 15.6. The zero-order valence-electron chi connectivity index (χ0n) is 15.6. The summed E-state index contributed by atoms with van der Waals surface area (Å²) in [6.07, 6.45) is 2.10. The van der Waals surface area contributed by atoms with Gasteiger partial charge < -0.3 is 19.3 Å². The fourth-order valence-electron chi connectivity index (χ4n) is 2.78. The molecule has 1 atom stereocenters. The van der Waals surface area contributed by atoms with Gasteiger partial charge in [-0.05, 0) is 41.8 Å². The maximum Gasteiger partial charge on any atom is 0.330 e. The molecule has 0 radical (unpaired) electrons. The second-order valence-corrected chi connectivity index (χ2v) is 5.89. The van der Waals surface area contributed by atoms with E-state index in [-0.39, 0.29) is 19.1 Å². The Hall–Kier alpha value is -2.79. The highest BCUT2D eigenvalue weighted by molar-refractivity contribution is 5.81. The topological polar surface area (TPSA) is 65.0 Å². The average Bonchev–Trinajstić information content (AvgIpc) is 2.72. The van der Waals surface area contributed by atoms with E-state index in [1.165, 1.54) is 11.1 Å². The van der Waals surface area contributed by atoms with Crippen molar-refractivity contribution in [2.45, 2.75) is 19.3 Å². The van der Waals surface area contributed by atoms with Crippen molar-refractivity contribution < 1.29 is 24.1 Å². The Bertz CT molecular complexity index is 706. The van der Waals surface area contributed by atoms with Crippen molar-refractivity contribution in [2.24, 2.45) is 0 Å².